The minimum Gasteiger partial charge on any atom is -0.468 e. The number of methoxy groups -OCH3 is 1. The largest absolute Gasteiger partial charge is 0.468 e. The number of hydrogen-bond donors (Lipinski definition) is 0. The van der Waals surface area contributed by atoms with Gasteiger partial charge in [0, 0.05) is 4.90 Å². The standard InChI is InChI=1S/C13H12O3S/c1-15-13(14)11-7-8-16-12(11)9-17-10-5-3-2-4-6-10/h2-8H,9H2,1H3. The minimum absolute atomic E-state index is 0.359. The minimum atomic E-state index is -0.359. The lowest BCUT2D eigenvalue weighted by Gasteiger charge is -2.01. The molecule has 0 bridgehead atoms. The summed E-state index contributed by atoms with van der Waals surface area (Å²) in [5, 5.41) is 0. The lowest BCUT2D eigenvalue weighted by Crippen LogP contribution is -2.02. The van der Waals surface area contributed by atoms with Crippen molar-refractivity contribution in [1.29, 1.82) is 0 Å². The molecule has 1 aromatic carbocycles. The second-order valence-corrected chi connectivity index (χ2v) is 4.40. The van der Waals surface area contributed by atoms with E-state index in [9.17, 15) is 4.79 Å². The van der Waals surface area contributed by atoms with Crippen molar-refractivity contribution in [2.24, 2.45) is 0 Å². The summed E-state index contributed by atoms with van der Waals surface area (Å²) in [4.78, 5) is 12.6. The van der Waals surface area contributed by atoms with E-state index in [1.54, 1.807) is 17.8 Å². The topological polar surface area (TPSA) is 39.4 Å². The summed E-state index contributed by atoms with van der Waals surface area (Å²) in [7, 11) is 1.36. The Balaban J connectivity index is 2.05. The molecule has 0 atom stereocenters. The monoisotopic (exact) mass is 248 g/mol. The van der Waals surface area contributed by atoms with Gasteiger partial charge in [-0.05, 0) is 18.2 Å². The van der Waals surface area contributed by atoms with Crippen molar-refractivity contribution < 1.29 is 13.9 Å². The molecule has 2 rings (SSSR count). The zero-order chi connectivity index (χ0) is 12.1. The molecule has 2 aromatic rings. The number of ether oxygens (including phenoxy) is 1. The zero-order valence-electron chi connectivity index (χ0n) is 9.38. The van der Waals surface area contributed by atoms with E-state index < -0.39 is 0 Å². The van der Waals surface area contributed by atoms with Gasteiger partial charge < -0.3 is 9.15 Å². The van der Waals surface area contributed by atoms with Crippen molar-refractivity contribution in [3.05, 3.63) is 54.0 Å². The third-order valence-electron chi connectivity index (χ3n) is 2.26. The predicted molar refractivity (Wildman–Crippen MR) is 66.1 cm³/mol. The van der Waals surface area contributed by atoms with E-state index >= 15 is 0 Å². The Hall–Kier alpha value is -1.68. The Bertz CT molecular complexity index is 490. The zero-order valence-corrected chi connectivity index (χ0v) is 10.2. The first kappa shape index (κ1) is 11.8. The molecule has 17 heavy (non-hydrogen) atoms. The Kier molecular flexibility index (Phi) is 3.88. The summed E-state index contributed by atoms with van der Waals surface area (Å²) in [5.74, 6) is 0.898. The smallest absolute Gasteiger partial charge is 0.341 e. The van der Waals surface area contributed by atoms with Gasteiger partial charge in [-0.25, -0.2) is 4.79 Å². The van der Waals surface area contributed by atoms with Crippen molar-refractivity contribution >= 4 is 17.7 Å². The third kappa shape index (κ3) is 2.91. The van der Waals surface area contributed by atoms with Crippen LogP contribution in [0.5, 0.6) is 0 Å². The van der Waals surface area contributed by atoms with Crippen molar-refractivity contribution in [2.45, 2.75) is 10.6 Å². The second kappa shape index (κ2) is 5.59. The maximum Gasteiger partial charge on any atom is 0.341 e. The van der Waals surface area contributed by atoms with E-state index in [0.717, 1.165) is 4.90 Å². The summed E-state index contributed by atoms with van der Waals surface area (Å²) in [5.41, 5.74) is 0.496. The molecule has 88 valence electrons. The fourth-order valence-corrected chi connectivity index (χ4v) is 2.28. The maximum absolute atomic E-state index is 11.4. The summed E-state index contributed by atoms with van der Waals surface area (Å²) < 4.78 is 9.97. The van der Waals surface area contributed by atoms with E-state index in [1.807, 2.05) is 30.3 Å². The highest BCUT2D eigenvalue weighted by atomic mass is 32.2. The van der Waals surface area contributed by atoms with Crippen LogP contribution in [0.25, 0.3) is 0 Å². The number of rotatable bonds is 4. The first-order valence-electron chi connectivity index (χ1n) is 5.14. The summed E-state index contributed by atoms with van der Waals surface area (Å²) in [6, 6.07) is 11.6. The molecule has 0 aliphatic carbocycles. The number of carbonyl (C=O) groups excluding carboxylic acids is 1. The van der Waals surface area contributed by atoms with Crippen LogP contribution in [0, 0.1) is 0 Å². The number of furan rings is 1. The van der Waals surface area contributed by atoms with E-state index in [2.05, 4.69) is 4.74 Å². The molecule has 0 radical (unpaired) electrons. The van der Waals surface area contributed by atoms with Gasteiger partial charge in [0.05, 0.1) is 19.1 Å². The van der Waals surface area contributed by atoms with Crippen molar-refractivity contribution in [1.82, 2.24) is 0 Å². The van der Waals surface area contributed by atoms with Gasteiger partial charge >= 0.3 is 5.97 Å². The molecule has 0 N–H and O–H groups in total. The van der Waals surface area contributed by atoms with Crippen LogP contribution in [0.3, 0.4) is 0 Å². The molecular weight excluding hydrogens is 236 g/mol. The van der Waals surface area contributed by atoms with Crippen LogP contribution in [-0.2, 0) is 10.5 Å². The Morgan fingerprint density at radius 2 is 2.06 bits per heavy atom. The van der Waals surface area contributed by atoms with E-state index in [1.165, 1.54) is 13.4 Å². The predicted octanol–water partition coefficient (Wildman–Crippen LogP) is 3.36. The molecule has 1 aromatic heterocycles. The Morgan fingerprint density at radius 3 is 2.76 bits per heavy atom. The highest BCUT2D eigenvalue weighted by Crippen LogP contribution is 2.25. The molecule has 0 amide bonds. The fraction of sp³-hybridized carbons (Fsp3) is 0.154. The van der Waals surface area contributed by atoms with Crippen molar-refractivity contribution in [3.8, 4) is 0 Å². The molecule has 0 aliphatic rings. The quantitative estimate of drug-likeness (QED) is 0.614. The second-order valence-electron chi connectivity index (χ2n) is 3.35. The number of thioether (sulfide) groups is 1. The molecule has 3 nitrogen and oxygen atoms in total. The van der Waals surface area contributed by atoms with Crippen molar-refractivity contribution in [2.75, 3.05) is 7.11 Å². The van der Waals surface area contributed by atoms with Crippen LogP contribution >= 0.6 is 11.8 Å². The summed E-state index contributed by atoms with van der Waals surface area (Å²) >= 11 is 1.62. The van der Waals surface area contributed by atoms with Crippen LogP contribution in [0.4, 0.5) is 0 Å². The lowest BCUT2D eigenvalue weighted by molar-refractivity contribution is 0.0598. The van der Waals surface area contributed by atoms with Crippen LogP contribution in [-0.4, -0.2) is 13.1 Å². The Morgan fingerprint density at radius 1 is 1.29 bits per heavy atom. The first-order chi connectivity index (χ1) is 8.31. The summed E-state index contributed by atoms with van der Waals surface area (Å²) in [6.07, 6.45) is 1.51. The third-order valence-corrected chi connectivity index (χ3v) is 3.28. The molecule has 4 heteroatoms. The molecule has 0 saturated carbocycles. The average molecular weight is 248 g/mol. The van der Waals surface area contributed by atoms with Crippen LogP contribution in [0.2, 0.25) is 0 Å². The molecule has 0 unspecified atom stereocenters. The lowest BCUT2D eigenvalue weighted by atomic mass is 10.3. The van der Waals surface area contributed by atoms with Gasteiger partial charge in [0.2, 0.25) is 0 Å². The molecule has 0 aliphatic heterocycles. The molecule has 0 fully saturated rings. The van der Waals surface area contributed by atoms with Gasteiger partial charge in [0.25, 0.3) is 0 Å². The number of benzene rings is 1. The first-order valence-corrected chi connectivity index (χ1v) is 6.12. The molecular formula is C13H12O3S. The summed E-state index contributed by atoms with van der Waals surface area (Å²) in [6.45, 7) is 0. The van der Waals surface area contributed by atoms with Crippen LogP contribution in [0.15, 0.2) is 52.0 Å². The SMILES string of the molecule is COC(=O)c1ccoc1CSc1ccccc1. The highest BCUT2D eigenvalue weighted by molar-refractivity contribution is 7.98. The van der Waals surface area contributed by atoms with Gasteiger partial charge in [-0.1, -0.05) is 18.2 Å². The highest BCUT2D eigenvalue weighted by Gasteiger charge is 2.14. The molecule has 1 heterocycles. The molecule has 0 spiro atoms. The van der Waals surface area contributed by atoms with E-state index in [0.29, 0.717) is 17.1 Å². The van der Waals surface area contributed by atoms with E-state index in [-0.39, 0.29) is 5.97 Å². The fourth-order valence-electron chi connectivity index (χ4n) is 1.41. The van der Waals surface area contributed by atoms with Gasteiger partial charge in [-0.15, -0.1) is 11.8 Å². The van der Waals surface area contributed by atoms with E-state index in [4.69, 9.17) is 4.42 Å². The van der Waals surface area contributed by atoms with Crippen LogP contribution < -0.4 is 0 Å². The Labute approximate surface area is 104 Å². The number of hydrogen-bond acceptors (Lipinski definition) is 4. The average Bonchev–Trinajstić information content (AvgIpc) is 2.85. The maximum atomic E-state index is 11.4. The van der Waals surface area contributed by atoms with Gasteiger partial charge in [0.1, 0.15) is 11.3 Å². The number of carbonyl (C=O) groups is 1. The normalized spacial score (nSPS) is 10.2. The van der Waals surface area contributed by atoms with Crippen molar-refractivity contribution in [3.63, 3.8) is 0 Å². The van der Waals surface area contributed by atoms with Crippen LogP contribution in [0.1, 0.15) is 16.1 Å². The number of esters is 1. The van der Waals surface area contributed by atoms with Gasteiger partial charge in [-0.3, -0.25) is 0 Å². The molecule has 0 saturated heterocycles. The van der Waals surface area contributed by atoms with Gasteiger partial charge in [-0.2, -0.15) is 0 Å². The van der Waals surface area contributed by atoms with Gasteiger partial charge in [0.15, 0.2) is 0 Å².